The summed E-state index contributed by atoms with van der Waals surface area (Å²) in [6.07, 6.45) is 1.53. The summed E-state index contributed by atoms with van der Waals surface area (Å²) in [5.41, 5.74) is 1.15. The van der Waals surface area contributed by atoms with Gasteiger partial charge in [-0.25, -0.2) is 0 Å². The Morgan fingerprint density at radius 3 is 2.78 bits per heavy atom. The number of ketones is 1. The van der Waals surface area contributed by atoms with Crippen LogP contribution in [0.3, 0.4) is 0 Å². The first-order valence-electron chi connectivity index (χ1n) is 5.70. The van der Waals surface area contributed by atoms with Crippen molar-refractivity contribution in [3.8, 4) is 10.4 Å². The Labute approximate surface area is 133 Å². The Hall–Kier alpha value is -0.200. The van der Waals surface area contributed by atoms with E-state index in [1.807, 2.05) is 19.1 Å². The molecule has 94 valence electrons. The second-order valence-corrected chi connectivity index (χ2v) is 7.14. The third-order valence-corrected chi connectivity index (χ3v) is 5.04. The van der Waals surface area contributed by atoms with E-state index in [0.717, 1.165) is 26.2 Å². The molecular formula is C14H12BrIOS. The van der Waals surface area contributed by atoms with Gasteiger partial charge in [0.05, 0.1) is 4.88 Å². The van der Waals surface area contributed by atoms with E-state index in [1.165, 1.54) is 3.57 Å². The maximum atomic E-state index is 11.8. The first-order chi connectivity index (χ1) is 8.61. The van der Waals surface area contributed by atoms with Crippen LogP contribution in [0.1, 0.15) is 29.4 Å². The SMILES string of the molecule is CCCC(=O)c1ccc(-c2ccc(I)cc2Br)s1. The van der Waals surface area contributed by atoms with E-state index in [9.17, 15) is 4.79 Å². The molecule has 0 aliphatic carbocycles. The summed E-state index contributed by atoms with van der Waals surface area (Å²) in [5.74, 6) is 0.246. The van der Waals surface area contributed by atoms with E-state index >= 15 is 0 Å². The number of Topliss-reactive ketones (excluding diaryl/α,β-unsaturated/α-hetero) is 1. The molecule has 18 heavy (non-hydrogen) atoms. The van der Waals surface area contributed by atoms with Gasteiger partial charge in [-0.1, -0.05) is 28.9 Å². The number of rotatable bonds is 4. The fourth-order valence-corrected chi connectivity index (χ4v) is 4.33. The van der Waals surface area contributed by atoms with Crippen molar-refractivity contribution in [3.05, 3.63) is 43.3 Å². The van der Waals surface area contributed by atoms with Crippen LogP contribution >= 0.6 is 49.9 Å². The van der Waals surface area contributed by atoms with Crippen molar-refractivity contribution in [2.24, 2.45) is 0 Å². The van der Waals surface area contributed by atoms with Crippen LogP contribution in [-0.2, 0) is 0 Å². The molecule has 2 rings (SSSR count). The molecule has 0 fully saturated rings. The Balaban J connectivity index is 2.32. The van der Waals surface area contributed by atoms with Crippen molar-refractivity contribution in [3.63, 3.8) is 0 Å². The van der Waals surface area contributed by atoms with Crippen molar-refractivity contribution in [1.29, 1.82) is 0 Å². The lowest BCUT2D eigenvalue weighted by atomic mass is 10.2. The van der Waals surface area contributed by atoms with Crippen LogP contribution in [0.15, 0.2) is 34.8 Å². The van der Waals surface area contributed by atoms with E-state index in [2.05, 4.69) is 56.7 Å². The number of hydrogen-bond donors (Lipinski definition) is 0. The molecule has 0 spiro atoms. The quantitative estimate of drug-likeness (QED) is 0.441. The number of benzene rings is 1. The normalized spacial score (nSPS) is 10.6. The predicted octanol–water partition coefficient (Wildman–Crippen LogP) is 5.77. The Morgan fingerprint density at radius 1 is 1.33 bits per heavy atom. The highest BCUT2D eigenvalue weighted by molar-refractivity contribution is 14.1. The summed E-state index contributed by atoms with van der Waals surface area (Å²) in [6.45, 7) is 2.03. The lowest BCUT2D eigenvalue weighted by Crippen LogP contribution is -1.93. The van der Waals surface area contributed by atoms with Gasteiger partial charge in [-0.15, -0.1) is 11.3 Å². The summed E-state index contributed by atoms with van der Waals surface area (Å²) >= 11 is 7.44. The third kappa shape index (κ3) is 3.22. The molecule has 2 aromatic rings. The van der Waals surface area contributed by atoms with E-state index in [-0.39, 0.29) is 5.78 Å². The average molecular weight is 435 g/mol. The zero-order valence-electron chi connectivity index (χ0n) is 9.87. The van der Waals surface area contributed by atoms with Crippen LogP contribution in [0.25, 0.3) is 10.4 Å². The van der Waals surface area contributed by atoms with Crippen molar-refractivity contribution in [2.75, 3.05) is 0 Å². The molecule has 1 heterocycles. The Bertz CT molecular complexity index is 577. The number of carbonyl (C=O) groups excluding carboxylic acids is 1. The van der Waals surface area contributed by atoms with Crippen LogP contribution in [0, 0.1) is 3.57 Å². The summed E-state index contributed by atoms with van der Waals surface area (Å²) < 4.78 is 2.27. The Morgan fingerprint density at radius 2 is 2.11 bits per heavy atom. The van der Waals surface area contributed by atoms with Crippen molar-refractivity contribution >= 4 is 55.6 Å². The van der Waals surface area contributed by atoms with Gasteiger partial charge >= 0.3 is 0 Å². The standard InChI is InChI=1S/C14H12BrIOS/c1-2-3-12(17)14-7-6-13(18-14)10-5-4-9(16)8-11(10)15/h4-8H,2-3H2,1H3. The minimum absolute atomic E-state index is 0.246. The topological polar surface area (TPSA) is 17.1 Å². The zero-order valence-corrected chi connectivity index (χ0v) is 14.4. The van der Waals surface area contributed by atoms with Gasteiger partial charge < -0.3 is 0 Å². The molecule has 0 atom stereocenters. The van der Waals surface area contributed by atoms with Crippen LogP contribution in [0.2, 0.25) is 0 Å². The molecule has 0 aliphatic rings. The zero-order chi connectivity index (χ0) is 13.1. The van der Waals surface area contributed by atoms with Crippen LogP contribution in [-0.4, -0.2) is 5.78 Å². The molecule has 0 bridgehead atoms. The van der Waals surface area contributed by atoms with Crippen molar-refractivity contribution in [2.45, 2.75) is 19.8 Å². The summed E-state index contributed by atoms with van der Waals surface area (Å²) in [5, 5.41) is 0. The molecular weight excluding hydrogens is 423 g/mol. The molecule has 0 N–H and O–H groups in total. The van der Waals surface area contributed by atoms with Gasteiger partial charge in [-0.3, -0.25) is 4.79 Å². The van der Waals surface area contributed by atoms with Crippen molar-refractivity contribution in [1.82, 2.24) is 0 Å². The number of carbonyl (C=O) groups is 1. The number of halogens is 2. The molecule has 0 saturated heterocycles. The number of hydrogen-bond acceptors (Lipinski definition) is 2. The van der Waals surface area contributed by atoms with Crippen molar-refractivity contribution < 1.29 is 4.79 Å². The smallest absolute Gasteiger partial charge is 0.172 e. The minimum atomic E-state index is 0.246. The molecule has 0 unspecified atom stereocenters. The van der Waals surface area contributed by atoms with Gasteiger partial charge in [0.1, 0.15) is 0 Å². The highest BCUT2D eigenvalue weighted by atomic mass is 127. The highest BCUT2D eigenvalue weighted by Crippen LogP contribution is 2.34. The summed E-state index contributed by atoms with van der Waals surface area (Å²) in [6, 6.07) is 10.2. The van der Waals surface area contributed by atoms with Crippen LogP contribution < -0.4 is 0 Å². The molecule has 0 radical (unpaired) electrons. The van der Waals surface area contributed by atoms with E-state index in [4.69, 9.17) is 0 Å². The monoisotopic (exact) mass is 434 g/mol. The van der Waals surface area contributed by atoms with E-state index in [0.29, 0.717) is 6.42 Å². The maximum absolute atomic E-state index is 11.8. The first-order valence-corrected chi connectivity index (χ1v) is 8.39. The van der Waals surface area contributed by atoms with Gasteiger partial charge in [0.25, 0.3) is 0 Å². The molecule has 1 aromatic carbocycles. The highest BCUT2D eigenvalue weighted by Gasteiger charge is 2.11. The van der Waals surface area contributed by atoms with Gasteiger partial charge in [-0.05, 0) is 53.3 Å². The van der Waals surface area contributed by atoms with E-state index in [1.54, 1.807) is 11.3 Å². The van der Waals surface area contributed by atoms with Gasteiger partial charge in [0.15, 0.2) is 5.78 Å². The Kier molecular flexibility index (Phi) is 4.98. The third-order valence-electron chi connectivity index (χ3n) is 2.55. The maximum Gasteiger partial charge on any atom is 0.172 e. The fraction of sp³-hybridized carbons (Fsp3) is 0.214. The number of thiophene rings is 1. The van der Waals surface area contributed by atoms with E-state index < -0.39 is 0 Å². The summed E-state index contributed by atoms with van der Waals surface area (Å²) in [4.78, 5) is 13.8. The average Bonchev–Trinajstić information content (AvgIpc) is 2.78. The van der Waals surface area contributed by atoms with Crippen LogP contribution in [0.5, 0.6) is 0 Å². The lowest BCUT2D eigenvalue weighted by Gasteiger charge is -2.01. The van der Waals surface area contributed by atoms with Gasteiger partial charge in [-0.2, -0.15) is 0 Å². The largest absolute Gasteiger partial charge is 0.293 e. The minimum Gasteiger partial charge on any atom is -0.293 e. The molecule has 0 aliphatic heterocycles. The molecule has 1 aromatic heterocycles. The lowest BCUT2D eigenvalue weighted by molar-refractivity contribution is 0.0985. The molecule has 4 heteroatoms. The molecule has 0 amide bonds. The second-order valence-electron chi connectivity index (χ2n) is 3.96. The van der Waals surface area contributed by atoms with Gasteiger partial charge in [0.2, 0.25) is 0 Å². The van der Waals surface area contributed by atoms with Crippen LogP contribution in [0.4, 0.5) is 0 Å². The predicted molar refractivity (Wildman–Crippen MR) is 89.4 cm³/mol. The van der Waals surface area contributed by atoms with Gasteiger partial charge in [0, 0.05) is 24.9 Å². The molecule has 1 nitrogen and oxygen atoms in total. The summed E-state index contributed by atoms with van der Waals surface area (Å²) in [7, 11) is 0. The molecule has 0 saturated carbocycles. The fourth-order valence-electron chi connectivity index (χ4n) is 1.67. The first kappa shape index (κ1) is 14.2. The second kappa shape index (κ2) is 6.30.